The minimum Gasteiger partial charge on any atom is -0.300 e. The van der Waals surface area contributed by atoms with Crippen LogP contribution in [-0.2, 0) is 0 Å². The molecule has 5 heteroatoms. The van der Waals surface area contributed by atoms with Crippen molar-refractivity contribution in [2.24, 2.45) is 0 Å². The summed E-state index contributed by atoms with van der Waals surface area (Å²) in [7, 11) is 0. The van der Waals surface area contributed by atoms with E-state index in [0.29, 0.717) is 5.82 Å². The molecule has 0 fully saturated rings. The van der Waals surface area contributed by atoms with Crippen molar-refractivity contribution in [3.63, 3.8) is 0 Å². The van der Waals surface area contributed by atoms with Gasteiger partial charge in [-0.25, -0.2) is 15.0 Å². The number of rotatable bonds is 3. The van der Waals surface area contributed by atoms with Gasteiger partial charge in [0.15, 0.2) is 5.82 Å². The number of thiophene rings is 1. The second kappa shape index (κ2) is 8.33. The zero-order valence-corrected chi connectivity index (χ0v) is 21.1. The molecule has 4 nitrogen and oxygen atoms in total. The van der Waals surface area contributed by atoms with Gasteiger partial charge in [-0.1, -0.05) is 84.9 Å². The highest BCUT2D eigenvalue weighted by Crippen LogP contribution is 2.44. The van der Waals surface area contributed by atoms with Gasteiger partial charge in [-0.3, -0.25) is 4.40 Å². The molecule has 0 unspecified atom stereocenters. The van der Waals surface area contributed by atoms with Crippen LogP contribution >= 0.6 is 11.3 Å². The van der Waals surface area contributed by atoms with E-state index in [1.54, 1.807) is 11.3 Å². The monoisotopic (exact) mass is 504 g/mol. The number of benzene rings is 4. The summed E-state index contributed by atoms with van der Waals surface area (Å²) in [6, 6.07) is 39.7. The first kappa shape index (κ1) is 21.2. The zero-order valence-electron chi connectivity index (χ0n) is 20.2. The van der Waals surface area contributed by atoms with Crippen molar-refractivity contribution in [3.05, 3.63) is 121 Å². The molecule has 0 saturated heterocycles. The van der Waals surface area contributed by atoms with Crippen LogP contribution < -0.4 is 0 Å². The third-order valence-electron chi connectivity index (χ3n) is 7.03. The number of hydrogen-bond acceptors (Lipinski definition) is 4. The summed E-state index contributed by atoms with van der Waals surface area (Å²) in [5, 5.41) is 2.36. The summed E-state index contributed by atoms with van der Waals surface area (Å²) in [6.45, 7) is 0. The molecule has 178 valence electrons. The fraction of sp³-hybridized carbons (Fsp3) is 0. The lowest BCUT2D eigenvalue weighted by molar-refractivity contribution is 1.19. The van der Waals surface area contributed by atoms with Crippen LogP contribution in [0.3, 0.4) is 0 Å². The Kier molecular flexibility index (Phi) is 4.66. The maximum Gasteiger partial charge on any atom is 0.161 e. The molecule has 4 aromatic carbocycles. The van der Waals surface area contributed by atoms with Crippen molar-refractivity contribution in [2.75, 3.05) is 0 Å². The Morgan fingerprint density at radius 1 is 0.605 bits per heavy atom. The summed E-state index contributed by atoms with van der Waals surface area (Å²) < 4.78 is 4.55. The average molecular weight is 505 g/mol. The summed E-state index contributed by atoms with van der Waals surface area (Å²) in [5.74, 6) is 0.714. The van der Waals surface area contributed by atoms with Crippen molar-refractivity contribution >= 4 is 48.2 Å². The molecule has 0 aliphatic rings. The molecular weight excluding hydrogens is 484 g/mol. The molecule has 0 spiro atoms. The van der Waals surface area contributed by atoms with E-state index in [1.807, 2.05) is 48.5 Å². The predicted molar refractivity (Wildman–Crippen MR) is 157 cm³/mol. The minimum absolute atomic E-state index is 0.714. The normalized spacial score (nSPS) is 11.7. The molecule has 0 aliphatic carbocycles. The number of fused-ring (bicyclic) bond motifs is 7. The summed E-state index contributed by atoms with van der Waals surface area (Å²) in [4.78, 5) is 15.4. The SMILES string of the molecule is c1ccc(-c2cc(-c3ccccc3)nc(-c3cc4c(nc5ccccn54)c4sc5ccccc5c34)n2)cc1. The lowest BCUT2D eigenvalue weighted by Crippen LogP contribution is -1.96. The lowest BCUT2D eigenvalue weighted by Gasteiger charge is -2.11. The third kappa shape index (κ3) is 3.26. The summed E-state index contributed by atoms with van der Waals surface area (Å²) in [6.07, 6.45) is 2.07. The van der Waals surface area contributed by atoms with Crippen LogP contribution in [0.4, 0.5) is 0 Å². The molecule has 0 atom stereocenters. The Hall–Kier alpha value is -4.87. The van der Waals surface area contributed by atoms with Gasteiger partial charge in [0, 0.05) is 38.4 Å². The molecule has 8 rings (SSSR count). The Balaban J connectivity index is 1.52. The number of hydrogen-bond donors (Lipinski definition) is 0. The van der Waals surface area contributed by atoms with Gasteiger partial charge in [0.25, 0.3) is 0 Å². The van der Waals surface area contributed by atoms with Crippen molar-refractivity contribution < 1.29 is 0 Å². The smallest absolute Gasteiger partial charge is 0.161 e. The largest absolute Gasteiger partial charge is 0.300 e. The molecule has 8 aromatic rings. The molecule has 0 radical (unpaired) electrons. The average Bonchev–Trinajstić information content (AvgIpc) is 3.56. The predicted octanol–water partition coefficient (Wildman–Crippen LogP) is 8.65. The molecule has 4 aromatic heterocycles. The van der Waals surface area contributed by atoms with Crippen LogP contribution in [0.2, 0.25) is 0 Å². The molecule has 4 heterocycles. The second-order valence-electron chi connectivity index (χ2n) is 9.33. The van der Waals surface area contributed by atoms with E-state index >= 15 is 0 Å². The van der Waals surface area contributed by atoms with Crippen LogP contribution in [0.5, 0.6) is 0 Å². The minimum atomic E-state index is 0.714. The van der Waals surface area contributed by atoms with E-state index in [4.69, 9.17) is 15.0 Å². The highest BCUT2D eigenvalue weighted by molar-refractivity contribution is 7.26. The van der Waals surface area contributed by atoms with Gasteiger partial charge in [-0.2, -0.15) is 0 Å². The number of aromatic nitrogens is 4. The quantitative estimate of drug-likeness (QED) is 0.242. The highest BCUT2D eigenvalue weighted by Gasteiger charge is 2.20. The molecular formula is C33H20N4S. The standard InChI is InChI=1S/C33H20N4S/c1-3-11-21(12-4-1)25-20-26(22-13-5-2-6-14-22)35-33(34-25)24-19-27-31(36-29-17-9-10-18-37(27)29)32-30(24)23-15-7-8-16-28(23)38-32/h1-20H. The molecule has 0 saturated carbocycles. The van der Waals surface area contributed by atoms with Crippen molar-refractivity contribution in [1.29, 1.82) is 0 Å². The Morgan fingerprint density at radius 2 is 1.26 bits per heavy atom. The van der Waals surface area contributed by atoms with Gasteiger partial charge in [0.2, 0.25) is 0 Å². The van der Waals surface area contributed by atoms with Gasteiger partial charge >= 0.3 is 0 Å². The van der Waals surface area contributed by atoms with Crippen LogP contribution in [-0.4, -0.2) is 19.4 Å². The number of pyridine rings is 1. The first-order chi connectivity index (χ1) is 18.8. The van der Waals surface area contributed by atoms with Gasteiger partial charge in [0.1, 0.15) is 11.2 Å². The Bertz CT molecular complexity index is 2070. The summed E-state index contributed by atoms with van der Waals surface area (Å²) >= 11 is 1.78. The first-order valence-electron chi connectivity index (χ1n) is 12.5. The maximum absolute atomic E-state index is 5.17. The van der Waals surface area contributed by atoms with Crippen LogP contribution in [0, 0.1) is 0 Å². The fourth-order valence-corrected chi connectivity index (χ4v) is 6.48. The first-order valence-corrected chi connectivity index (χ1v) is 13.4. The van der Waals surface area contributed by atoms with E-state index in [1.165, 1.54) is 10.1 Å². The van der Waals surface area contributed by atoms with Crippen molar-refractivity contribution in [1.82, 2.24) is 19.4 Å². The molecule has 0 bridgehead atoms. The Labute approximate surface area is 222 Å². The second-order valence-corrected chi connectivity index (χ2v) is 10.4. The molecule has 38 heavy (non-hydrogen) atoms. The van der Waals surface area contributed by atoms with Crippen LogP contribution in [0.15, 0.2) is 121 Å². The van der Waals surface area contributed by atoms with E-state index in [0.717, 1.165) is 54.8 Å². The van der Waals surface area contributed by atoms with E-state index in [9.17, 15) is 0 Å². The molecule has 0 amide bonds. The number of imidazole rings is 1. The lowest BCUT2D eigenvalue weighted by atomic mass is 10.0. The fourth-order valence-electron chi connectivity index (χ4n) is 5.27. The van der Waals surface area contributed by atoms with Crippen LogP contribution in [0.25, 0.3) is 70.8 Å². The topological polar surface area (TPSA) is 43.1 Å². The summed E-state index contributed by atoms with van der Waals surface area (Å²) in [5.41, 5.74) is 7.96. The highest BCUT2D eigenvalue weighted by atomic mass is 32.1. The number of nitrogens with zero attached hydrogens (tertiary/aromatic N) is 4. The van der Waals surface area contributed by atoms with Gasteiger partial charge in [-0.05, 0) is 30.3 Å². The Morgan fingerprint density at radius 3 is 2.00 bits per heavy atom. The molecule has 0 N–H and O–H groups in total. The van der Waals surface area contributed by atoms with E-state index < -0.39 is 0 Å². The maximum atomic E-state index is 5.17. The van der Waals surface area contributed by atoms with Crippen molar-refractivity contribution in [3.8, 4) is 33.9 Å². The van der Waals surface area contributed by atoms with Crippen molar-refractivity contribution in [2.45, 2.75) is 0 Å². The zero-order chi connectivity index (χ0) is 25.1. The third-order valence-corrected chi connectivity index (χ3v) is 8.21. The van der Waals surface area contributed by atoms with Gasteiger partial charge in [-0.15, -0.1) is 11.3 Å². The van der Waals surface area contributed by atoms with E-state index in [-0.39, 0.29) is 0 Å². The van der Waals surface area contributed by atoms with Crippen LogP contribution in [0.1, 0.15) is 0 Å². The van der Waals surface area contributed by atoms with Gasteiger partial charge in [0.05, 0.1) is 21.6 Å². The van der Waals surface area contributed by atoms with Gasteiger partial charge < -0.3 is 0 Å². The van der Waals surface area contributed by atoms with E-state index in [2.05, 4.69) is 77.3 Å². The molecule has 0 aliphatic heterocycles.